The fraction of sp³-hybridized carbons (Fsp3) is 0.562. The third kappa shape index (κ3) is 1.71. The quantitative estimate of drug-likeness (QED) is 0.856. The van der Waals surface area contributed by atoms with Crippen molar-refractivity contribution in [3.8, 4) is 0 Å². The zero-order valence-corrected chi connectivity index (χ0v) is 11.2. The Labute approximate surface area is 113 Å². The van der Waals surface area contributed by atoms with E-state index >= 15 is 0 Å². The highest BCUT2D eigenvalue weighted by Gasteiger charge is 2.56. The molecule has 0 spiro atoms. The molecule has 3 nitrogen and oxygen atoms in total. The Morgan fingerprint density at radius 1 is 1.37 bits per heavy atom. The maximum Gasteiger partial charge on any atom is 0.223 e. The molecule has 1 amide bonds. The molecular weight excluding hydrogens is 236 g/mol. The van der Waals surface area contributed by atoms with Gasteiger partial charge < -0.3 is 10.6 Å². The molecule has 2 fully saturated rings. The van der Waals surface area contributed by atoms with Gasteiger partial charge >= 0.3 is 0 Å². The number of amides is 1. The fourth-order valence-corrected chi connectivity index (χ4v) is 3.72. The Morgan fingerprint density at radius 2 is 2.16 bits per heavy atom. The molecular formula is C16H20N2O. The molecule has 2 N–H and O–H groups in total. The first-order chi connectivity index (χ1) is 9.25. The Kier molecular flexibility index (Phi) is 2.46. The largest absolute Gasteiger partial charge is 0.352 e. The first-order valence-corrected chi connectivity index (χ1v) is 7.34. The second kappa shape index (κ2) is 4.07. The topological polar surface area (TPSA) is 41.1 Å². The number of nitrogens with one attached hydrogen (secondary N) is 2. The normalized spacial score (nSPS) is 33.0. The second-order valence-corrected chi connectivity index (χ2v) is 6.33. The van der Waals surface area contributed by atoms with Gasteiger partial charge in [-0.1, -0.05) is 31.2 Å². The summed E-state index contributed by atoms with van der Waals surface area (Å²) in [6.07, 6.45) is 1.14. The highest BCUT2D eigenvalue weighted by atomic mass is 16.2. The molecule has 0 aromatic heterocycles. The van der Waals surface area contributed by atoms with Crippen LogP contribution in [0.1, 0.15) is 24.0 Å². The van der Waals surface area contributed by atoms with Crippen LogP contribution in [0.2, 0.25) is 0 Å². The number of hydrogen-bond acceptors (Lipinski definition) is 2. The molecule has 4 atom stereocenters. The van der Waals surface area contributed by atoms with Crippen molar-refractivity contribution in [1.29, 1.82) is 0 Å². The lowest BCUT2D eigenvalue weighted by Crippen LogP contribution is -2.50. The van der Waals surface area contributed by atoms with E-state index in [9.17, 15) is 4.79 Å². The molecule has 3 heteroatoms. The van der Waals surface area contributed by atoms with Crippen molar-refractivity contribution < 1.29 is 4.79 Å². The van der Waals surface area contributed by atoms with Crippen molar-refractivity contribution in [2.75, 3.05) is 13.1 Å². The standard InChI is InChI=1S/C16H20N2O/c1-9(11-7-17-8-11)16(19)18-15-13-6-10-4-2-3-5-12(10)14(13)15/h2-5,9,11,13-15,17H,6-8H2,1H3,(H,18,19). The third-order valence-electron chi connectivity index (χ3n) is 5.28. The summed E-state index contributed by atoms with van der Waals surface area (Å²) in [5.74, 6) is 2.19. The van der Waals surface area contributed by atoms with Crippen LogP contribution in [0.4, 0.5) is 0 Å². The van der Waals surface area contributed by atoms with E-state index in [0.29, 0.717) is 23.8 Å². The van der Waals surface area contributed by atoms with E-state index in [0.717, 1.165) is 19.5 Å². The molecule has 0 bridgehead atoms. The van der Waals surface area contributed by atoms with Crippen molar-refractivity contribution in [3.05, 3.63) is 35.4 Å². The maximum absolute atomic E-state index is 12.2. The van der Waals surface area contributed by atoms with Gasteiger partial charge in [0.25, 0.3) is 0 Å². The van der Waals surface area contributed by atoms with E-state index in [1.807, 2.05) is 0 Å². The zero-order valence-electron chi connectivity index (χ0n) is 11.2. The van der Waals surface area contributed by atoms with E-state index in [1.165, 1.54) is 11.1 Å². The lowest BCUT2D eigenvalue weighted by molar-refractivity contribution is -0.126. The van der Waals surface area contributed by atoms with Crippen molar-refractivity contribution in [1.82, 2.24) is 10.6 Å². The summed E-state index contributed by atoms with van der Waals surface area (Å²) in [6.45, 7) is 4.05. The first kappa shape index (κ1) is 11.5. The van der Waals surface area contributed by atoms with Crippen LogP contribution < -0.4 is 10.6 Å². The van der Waals surface area contributed by atoms with Gasteiger partial charge in [-0.3, -0.25) is 4.79 Å². The molecule has 1 aromatic carbocycles. The van der Waals surface area contributed by atoms with Gasteiger partial charge in [-0.25, -0.2) is 0 Å². The van der Waals surface area contributed by atoms with E-state index in [4.69, 9.17) is 0 Å². The summed E-state index contributed by atoms with van der Waals surface area (Å²) in [6, 6.07) is 9.08. The number of fused-ring (bicyclic) bond motifs is 3. The highest BCUT2D eigenvalue weighted by Crippen LogP contribution is 2.56. The number of carbonyl (C=O) groups excluding carboxylic acids is 1. The van der Waals surface area contributed by atoms with Gasteiger partial charge in [-0.2, -0.15) is 0 Å². The Balaban J connectivity index is 1.41. The number of hydrogen-bond donors (Lipinski definition) is 2. The summed E-state index contributed by atoms with van der Waals surface area (Å²) < 4.78 is 0. The van der Waals surface area contributed by atoms with Crippen LogP contribution >= 0.6 is 0 Å². The molecule has 2 aliphatic carbocycles. The van der Waals surface area contributed by atoms with Crippen LogP contribution in [0.5, 0.6) is 0 Å². The molecule has 1 saturated heterocycles. The van der Waals surface area contributed by atoms with Crippen LogP contribution in [-0.2, 0) is 11.2 Å². The van der Waals surface area contributed by atoms with E-state index in [-0.39, 0.29) is 11.8 Å². The van der Waals surface area contributed by atoms with Gasteiger partial charge in [-0.05, 0) is 42.5 Å². The molecule has 3 aliphatic rings. The van der Waals surface area contributed by atoms with Gasteiger partial charge in [0, 0.05) is 17.9 Å². The van der Waals surface area contributed by atoms with Crippen LogP contribution in [0, 0.1) is 17.8 Å². The van der Waals surface area contributed by atoms with Crippen molar-refractivity contribution in [3.63, 3.8) is 0 Å². The summed E-state index contributed by atoms with van der Waals surface area (Å²) in [7, 11) is 0. The minimum absolute atomic E-state index is 0.151. The highest BCUT2D eigenvalue weighted by molar-refractivity contribution is 5.80. The number of benzene rings is 1. The van der Waals surface area contributed by atoms with Gasteiger partial charge in [-0.15, -0.1) is 0 Å². The number of rotatable bonds is 3. The third-order valence-corrected chi connectivity index (χ3v) is 5.28. The lowest BCUT2D eigenvalue weighted by Gasteiger charge is -2.31. The van der Waals surface area contributed by atoms with Crippen LogP contribution in [-0.4, -0.2) is 25.0 Å². The van der Waals surface area contributed by atoms with Crippen molar-refractivity contribution in [2.24, 2.45) is 17.8 Å². The van der Waals surface area contributed by atoms with Crippen LogP contribution in [0.3, 0.4) is 0 Å². The monoisotopic (exact) mass is 256 g/mol. The fourth-order valence-electron chi connectivity index (χ4n) is 3.72. The molecule has 1 aromatic rings. The summed E-state index contributed by atoms with van der Waals surface area (Å²) in [5, 5.41) is 6.52. The van der Waals surface area contributed by atoms with E-state index in [1.54, 1.807) is 0 Å². The van der Waals surface area contributed by atoms with Gasteiger partial charge in [0.05, 0.1) is 0 Å². The molecule has 1 heterocycles. The average Bonchev–Trinajstić information content (AvgIpc) is 2.86. The molecule has 1 saturated carbocycles. The summed E-state index contributed by atoms with van der Waals surface area (Å²) >= 11 is 0. The minimum atomic E-state index is 0.151. The van der Waals surface area contributed by atoms with Crippen molar-refractivity contribution in [2.45, 2.75) is 25.3 Å². The Bertz CT molecular complexity index is 523. The maximum atomic E-state index is 12.2. The van der Waals surface area contributed by atoms with Crippen LogP contribution in [0.25, 0.3) is 0 Å². The molecule has 100 valence electrons. The lowest BCUT2D eigenvalue weighted by atomic mass is 9.88. The Hall–Kier alpha value is -1.35. The summed E-state index contributed by atoms with van der Waals surface area (Å²) in [4.78, 5) is 12.2. The molecule has 1 aliphatic heterocycles. The smallest absolute Gasteiger partial charge is 0.223 e. The van der Waals surface area contributed by atoms with Crippen LogP contribution in [0.15, 0.2) is 24.3 Å². The van der Waals surface area contributed by atoms with E-state index < -0.39 is 0 Å². The molecule has 4 unspecified atom stereocenters. The van der Waals surface area contributed by atoms with Crippen molar-refractivity contribution >= 4 is 5.91 Å². The Morgan fingerprint density at radius 3 is 2.89 bits per heavy atom. The summed E-state index contributed by atoms with van der Waals surface area (Å²) in [5.41, 5.74) is 2.95. The molecule has 0 radical (unpaired) electrons. The SMILES string of the molecule is CC(C(=O)NC1C2Cc3ccccc3C21)C1CNC1. The molecule has 4 rings (SSSR count). The van der Waals surface area contributed by atoms with Gasteiger partial charge in [0.15, 0.2) is 0 Å². The number of carbonyl (C=O) groups is 1. The predicted octanol–water partition coefficient (Wildman–Crippen LogP) is 1.30. The average molecular weight is 256 g/mol. The second-order valence-electron chi connectivity index (χ2n) is 6.33. The van der Waals surface area contributed by atoms with Gasteiger partial charge in [0.2, 0.25) is 5.91 Å². The van der Waals surface area contributed by atoms with Gasteiger partial charge in [0.1, 0.15) is 0 Å². The van der Waals surface area contributed by atoms with E-state index in [2.05, 4.69) is 41.8 Å². The zero-order chi connectivity index (χ0) is 13.0. The predicted molar refractivity (Wildman–Crippen MR) is 73.8 cm³/mol. The molecule has 19 heavy (non-hydrogen) atoms. The first-order valence-electron chi connectivity index (χ1n) is 7.34. The minimum Gasteiger partial charge on any atom is -0.352 e.